The molecule has 6 nitrogen and oxygen atoms in total. The van der Waals surface area contributed by atoms with Gasteiger partial charge in [0, 0.05) is 19.3 Å². The van der Waals surface area contributed by atoms with Crippen LogP contribution < -0.4 is 10.5 Å². The van der Waals surface area contributed by atoms with Crippen molar-refractivity contribution >= 4 is 15.8 Å². The molecule has 0 atom stereocenters. The van der Waals surface area contributed by atoms with Crippen LogP contribution in [0.15, 0.2) is 23.2 Å². The first kappa shape index (κ1) is 14.9. The molecule has 0 amide bonds. The number of sulfonamides is 1. The lowest BCUT2D eigenvalue weighted by molar-refractivity contribution is -0.00515. The Labute approximate surface area is 108 Å². The van der Waals surface area contributed by atoms with E-state index in [0.717, 1.165) is 0 Å². The van der Waals surface area contributed by atoms with E-state index in [1.165, 1.54) is 18.3 Å². The van der Waals surface area contributed by atoms with Crippen molar-refractivity contribution in [2.24, 2.45) is 0 Å². The van der Waals surface area contributed by atoms with E-state index in [1.54, 1.807) is 0 Å². The molecule has 3 N–H and O–H groups in total. The first-order valence-corrected chi connectivity index (χ1v) is 7.10. The molecule has 1 rings (SSSR count). The number of hydrogen-bond acceptors (Lipinski definition) is 5. The fraction of sp³-hybridized carbons (Fsp3) is 0.545. The summed E-state index contributed by atoms with van der Waals surface area (Å²) in [5.74, 6) is 0.281. The summed E-state index contributed by atoms with van der Waals surface area (Å²) in [6.07, 6.45) is 1.23. The van der Waals surface area contributed by atoms with Gasteiger partial charge in [0.2, 0.25) is 10.0 Å². The van der Waals surface area contributed by atoms with E-state index in [0.29, 0.717) is 6.61 Å². The van der Waals surface area contributed by atoms with Gasteiger partial charge in [-0.15, -0.1) is 0 Å². The van der Waals surface area contributed by atoms with Gasteiger partial charge in [0.15, 0.2) is 0 Å². The number of hydrogen-bond donors (Lipinski definition) is 2. The van der Waals surface area contributed by atoms with E-state index < -0.39 is 15.6 Å². The van der Waals surface area contributed by atoms with Crippen LogP contribution in [-0.4, -0.2) is 32.2 Å². The second kappa shape index (κ2) is 5.64. The average Bonchev–Trinajstić information content (AvgIpc) is 2.27. The Balaban J connectivity index is 2.74. The SMILES string of the molecule is CCOC(C)(C)CNS(=O)(=O)c1ccc(N)nc1. The van der Waals surface area contributed by atoms with E-state index in [4.69, 9.17) is 10.5 Å². The van der Waals surface area contributed by atoms with Gasteiger partial charge >= 0.3 is 0 Å². The third-order valence-electron chi connectivity index (χ3n) is 2.29. The van der Waals surface area contributed by atoms with Gasteiger partial charge in [0.25, 0.3) is 0 Å². The van der Waals surface area contributed by atoms with Crippen molar-refractivity contribution in [2.75, 3.05) is 18.9 Å². The van der Waals surface area contributed by atoms with Crippen LogP contribution in [0.5, 0.6) is 0 Å². The van der Waals surface area contributed by atoms with Gasteiger partial charge in [-0.05, 0) is 32.9 Å². The maximum Gasteiger partial charge on any atom is 0.242 e. The fourth-order valence-electron chi connectivity index (χ4n) is 1.34. The summed E-state index contributed by atoms with van der Waals surface area (Å²) in [6.45, 7) is 6.21. The summed E-state index contributed by atoms with van der Waals surface area (Å²) < 4.78 is 31.8. The molecule has 0 radical (unpaired) electrons. The molecule has 0 aliphatic rings. The molecule has 0 spiro atoms. The zero-order chi connectivity index (χ0) is 13.8. The van der Waals surface area contributed by atoms with Crippen molar-refractivity contribution in [3.8, 4) is 0 Å². The first-order valence-electron chi connectivity index (χ1n) is 5.62. The number of aromatic nitrogens is 1. The number of nitrogens with one attached hydrogen (secondary N) is 1. The van der Waals surface area contributed by atoms with Crippen molar-refractivity contribution in [1.29, 1.82) is 0 Å². The summed E-state index contributed by atoms with van der Waals surface area (Å²) >= 11 is 0. The number of nitrogens with zero attached hydrogens (tertiary/aromatic N) is 1. The summed E-state index contributed by atoms with van der Waals surface area (Å²) in [6, 6.07) is 2.86. The van der Waals surface area contributed by atoms with Crippen LogP contribution in [0.4, 0.5) is 5.82 Å². The minimum Gasteiger partial charge on any atom is -0.384 e. The van der Waals surface area contributed by atoms with Gasteiger partial charge in [0.05, 0.1) is 5.60 Å². The van der Waals surface area contributed by atoms with Crippen LogP contribution >= 0.6 is 0 Å². The van der Waals surface area contributed by atoms with E-state index in [-0.39, 0.29) is 17.3 Å². The lowest BCUT2D eigenvalue weighted by Crippen LogP contribution is -2.40. The van der Waals surface area contributed by atoms with Gasteiger partial charge < -0.3 is 10.5 Å². The normalized spacial score (nSPS) is 12.6. The van der Waals surface area contributed by atoms with Crippen LogP contribution in [0.25, 0.3) is 0 Å². The molecule has 0 bridgehead atoms. The Hall–Kier alpha value is -1.18. The quantitative estimate of drug-likeness (QED) is 0.798. The van der Waals surface area contributed by atoms with Crippen molar-refractivity contribution in [2.45, 2.75) is 31.3 Å². The van der Waals surface area contributed by atoms with Crippen molar-refractivity contribution in [3.05, 3.63) is 18.3 Å². The largest absolute Gasteiger partial charge is 0.384 e. The molecule has 7 heteroatoms. The Morgan fingerprint density at radius 3 is 2.61 bits per heavy atom. The lowest BCUT2D eigenvalue weighted by atomic mass is 10.1. The minimum absolute atomic E-state index is 0.0870. The highest BCUT2D eigenvalue weighted by molar-refractivity contribution is 7.89. The third-order valence-corrected chi connectivity index (χ3v) is 3.68. The van der Waals surface area contributed by atoms with Crippen LogP contribution in [-0.2, 0) is 14.8 Å². The number of pyridine rings is 1. The monoisotopic (exact) mass is 273 g/mol. The molecule has 0 unspecified atom stereocenters. The predicted molar refractivity (Wildman–Crippen MR) is 69.5 cm³/mol. The van der Waals surface area contributed by atoms with Crippen molar-refractivity contribution < 1.29 is 13.2 Å². The lowest BCUT2D eigenvalue weighted by Gasteiger charge is -2.24. The maximum atomic E-state index is 11.9. The Bertz CT molecular complexity index is 483. The van der Waals surface area contributed by atoms with Gasteiger partial charge in [0.1, 0.15) is 10.7 Å². The van der Waals surface area contributed by atoms with E-state index in [2.05, 4.69) is 9.71 Å². The molecule has 1 aromatic heterocycles. The summed E-state index contributed by atoms with van der Waals surface area (Å²) in [5.41, 5.74) is 4.85. The van der Waals surface area contributed by atoms with E-state index >= 15 is 0 Å². The van der Waals surface area contributed by atoms with E-state index in [9.17, 15) is 8.42 Å². The summed E-state index contributed by atoms with van der Waals surface area (Å²) in [5, 5.41) is 0. The third kappa shape index (κ3) is 4.25. The number of rotatable bonds is 6. The highest BCUT2D eigenvalue weighted by Gasteiger charge is 2.22. The molecule has 1 aromatic rings. The van der Waals surface area contributed by atoms with Gasteiger partial charge in [-0.3, -0.25) is 0 Å². The molecule has 0 aliphatic carbocycles. The summed E-state index contributed by atoms with van der Waals surface area (Å²) in [4.78, 5) is 3.84. The van der Waals surface area contributed by atoms with E-state index in [1.807, 2.05) is 20.8 Å². The zero-order valence-corrected chi connectivity index (χ0v) is 11.6. The number of ether oxygens (including phenoxy) is 1. The van der Waals surface area contributed by atoms with Gasteiger partial charge in [-0.25, -0.2) is 18.1 Å². The number of anilines is 1. The maximum absolute atomic E-state index is 11.9. The highest BCUT2D eigenvalue weighted by atomic mass is 32.2. The smallest absolute Gasteiger partial charge is 0.242 e. The van der Waals surface area contributed by atoms with Crippen molar-refractivity contribution in [3.63, 3.8) is 0 Å². The average molecular weight is 273 g/mol. The number of nitrogen functional groups attached to an aromatic ring is 1. The minimum atomic E-state index is -3.58. The highest BCUT2D eigenvalue weighted by Crippen LogP contribution is 2.12. The topological polar surface area (TPSA) is 94.3 Å². The van der Waals surface area contributed by atoms with Crippen LogP contribution in [0.3, 0.4) is 0 Å². The molecule has 18 heavy (non-hydrogen) atoms. The molecular weight excluding hydrogens is 254 g/mol. The van der Waals surface area contributed by atoms with Gasteiger partial charge in [-0.1, -0.05) is 0 Å². The van der Waals surface area contributed by atoms with Crippen molar-refractivity contribution in [1.82, 2.24) is 9.71 Å². The summed E-state index contributed by atoms with van der Waals surface area (Å²) in [7, 11) is -3.58. The number of nitrogens with two attached hydrogens (primary N) is 1. The zero-order valence-electron chi connectivity index (χ0n) is 10.8. The molecule has 0 aromatic carbocycles. The van der Waals surface area contributed by atoms with Crippen LogP contribution in [0.1, 0.15) is 20.8 Å². The fourth-order valence-corrected chi connectivity index (χ4v) is 2.49. The van der Waals surface area contributed by atoms with Gasteiger partial charge in [-0.2, -0.15) is 0 Å². The molecule has 0 fully saturated rings. The predicted octanol–water partition coefficient (Wildman–Crippen LogP) is 0.757. The Morgan fingerprint density at radius 2 is 2.11 bits per heavy atom. The standard InChI is InChI=1S/C11H19N3O3S/c1-4-17-11(2,3)8-14-18(15,16)9-5-6-10(12)13-7-9/h5-7,14H,4,8H2,1-3H3,(H2,12,13). The Morgan fingerprint density at radius 1 is 1.44 bits per heavy atom. The Kier molecular flexibility index (Phi) is 4.66. The van der Waals surface area contributed by atoms with Crippen LogP contribution in [0, 0.1) is 0 Å². The molecule has 0 aliphatic heterocycles. The molecule has 0 saturated carbocycles. The first-order chi connectivity index (χ1) is 8.27. The van der Waals surface area contributed by atoms with Crippen LogP contribution in [0.2, 0.25) is 0 Å². The second-order valence-electron chi connectivity index (χ2n) is 4.44. The molecular formula is C11H19N3O3S. The molecule has 102 valence electrons. The molecule has 1 heterocycles. The second-order valence-corrected chi connectivity index (χ2v) is 6.20. The molecule has 0 saturated heterocycles.